The lowest BCUT2D eigenvalue weighted by atomic mass is 10.1. The largest absolute Gasteiger partial charge is 0.310 e. The predicted octanol–water partition coefficient (Wildman–Crippen LogP) is 4.71. The number of halogens is 1. The Morgan fingerprint density at radius 1 is 1.45 bits per heavy atom. The summed E-state index contributed by atoms with van der Waals surface area (Å²) in [5, 5.41) is 4.23. The maximum Gasteiger partial charge on any atom is 0.174 e. The van der Waals surface area contributed by atoms with Crippen LogP contribution < -0.4 is 5.32 Å². The molecule has 1 unspecified atom stereocenters. The maximum absolute atomic E-state index is 6.37. The molecule has 1 atom stereocenters. The number of nitrogens with zero attached hydrogens (tertiary/aromatic N) is 2. The van der Waals surface area contributed by atoms with Crippen LogP contribution in [-0.2, 0) is 0 Å². The number of nitrogens with one attached hydrogen (secondary N) is 1. The van der Waals surface area contributed by atoms with Gasteiger partial charge in [-0.2, -0.15) is 4.37 Å². The molecule has 20 heavy (non-hydrogen) atoms. The third-order valence-corrected chi connectivity index (χ3v) is 5.21. The van der Waals surface area contributed by atoms with E-state index in [1.54, 1.807) is 11.8 Å². The van der Waals surface area contributed by atoms with Crippen molar-refractivity contribution < 1.29 is 0 Å². The van der Waals surface area contributed by atoms with Crippen molar-refractivity contribution in [2.45, 2.75) is 42.5 Å². The van der Waals surface area contributed by atoms with Gasteiger partial charge in [0.25, 0.3) is 0 Å². The van der Waals surface area contributed by atoms with Crippen LogP contribution >= 0.6 is 34.9 Å². The molecule has 0 radical (unpaired) electrons. The summed E-state index contributed by atoms with van der Waals surface area (Å²) < 4.78 is 5.10. The Labute approximate surface area is 133 Å². The highest BCUT2D eigenvalue weighted by molar-refractivity contribution is 8.01. The van der Waals surface area contributed by atoms with Crippen molar-refractivity contribution in [3.8, 4) is 0 Å². The first-order valence-corrected chi connectivity index (χ1v) is 8.58. The van der Waals surface area contributed by atoms with Crippen molar-refractivity contribution in [2.75, 3.05) is 6.54 Å². The van der Waals surface area contributed by atoms with Gasteiger partial charge in [0.05, 0.1) is 5.02 Å². The first kappa shape index (κ1) is 15.8. The van der Waals surface area contributed by atoms with Gasteiger partial charge in [-0.3, -0.25) is 0 Å². The van der Waals surface area contributed by atoms with E-state index in [4.69, 9.17) is 11.6 Å². The van der Waals surface area contributed by atoms with Crippen LogP contribution in [0.1, 0.15) is 37.7 Å². The molecular weight excluding hydrogens is 310 g/mol. The van der Waals surface area contributed by atoms with Gasteiger partial charge in [-0.25, -0.2) is 4.98 Å². The molecule has 0 aliphatic heterocycles. The summed E-state index contributed by atoms with van der Waals surface area (Å²) in [4.78, 5) is 5.37. The number of hydrogen-bond donors (Lipinski definition) is 1. The molecule has 1 aromatic carbocycles. The molecule has 6 heteroatoms. The van der Waals surface area contributed by atoms with Crippen molar-refractivity contribution in [3.05, 3.63) is 34.6 Å². The first-order valence-electron chi connectivity index (χ1n) is 6.61. The SMILES string of the molecule is CCCNC(C)c1ccc(Sc2nc(C)ns2)c(Cl)c1. The van der Waals surface area contributed by atoms with Gasteiger partial charge in [-0.15, -0.1) is 0 Å². The van der Waals surface area contributed by atoms with E-state index in [0.717, 1.165) is 33.0 Å². The zero-order chi connectivity index (χ0) is 14.5. The quantitative estimate of drug-likeness (QED) is 0.833. The molecule has 0 fully saturated rings. The normalized spacial score (nSPS) is 12.6. The van der Waals surface area contributed by atoms with Crippen LogP contribution in [-0.4, -0.2) is 15.9 Å². The van der Waals surface area contributed by atoms with Crippen LogP contribution in [0, 0.1) is 6.92 Å². The van der Waals surface area contributed by atoms with Gasteiger partial charge in [0.15, 0.2) is 4.34 Å². The maximum atomic E-state index is 6.37. The number of aromatic nitrogens is 2. The highest BCUT2D eigenvalue weighted by Crippen LogP contribution is 2.35. The number of hydrogen-bond acceptors (Lipinski definition) is 5. The van der Waals surface area contributed by atoms with Crippen molar-refractivity contribution >= 4 is 34.9 Å². The fraction of sp³-hybridized carbons (Fsp3) is 0.429. The van der Waals surface area contributed by atoms with Crippen LogP contribution in [0.2, 0.25) is 5.02 Å². The summed E-state index contributed by atoms with van der Waals surface area (Å²) in [6, 6.07) is 6.53. The van der Waals surface area contributed by atoms with Crippen molar-refractivity contribution in [3.63, 3.8) is 0 Å². The van der Waals surface area contributed by atoms with Crippen molar-refractivity contribution in [1.29, 1.82) is 0 Å². The summed E-state index contributed by atoms with van der Waals surface area (Å²) >= 11 is 9.34. The average molecular weight is 328 g/mol. The molecule has 108 valence electrons. The topological polar surface area (TPSA) is 37.8 Å². The lowest BCUT2D eigenvalue weighted by Crippen LogP contribution is -2.19. The van der Waals surface area contributed by atoms with E-state index in [1.165, 1.54) is 17.1 Å². The Balaban J connectivity index is 2.09. The van der Waals surface area contributed by atoms with E-state index in [-0.39, 0.29) is 0 Å². The molecule has 2 rings (SSSR count). The van der Waals surface area contributed by atoms with Crippen molar-refractivity contribution in [1.82, 2.24) is 14.7 Å². The van der Waals surface area contributed by atoms with Gasteiger partial charge in [0.2, 0.25) is 0 Å². The monoisotopic (exact) mass is 327 g/mol. The molecular formula is C14H18ClN3S2. The first-order chi connectivity index (χ1) is 9.60. The van der Waals surface area contributed by atoms with Gasteiger partial charge in [-0.05, 0) is 56.0 Å². The Morgan fingerprint density at radius 3 is 2.85 bits per heavy atom. The molecule has 0 saturated carbocycles. The number of aryl methyl sites for hydroxylation is 1. The second-order valence-electron chi connectivity index (χ2n) is 4.58. The fourth-order valence-corrected chi connectivity index (χ4v) is 3.68. The lowest BCUT2D eigenvalue weighted by Gasteiger charge is -2.14. The molecule has 1 heterocycles. The minimum absolute atomic E-state index is 0.315. The van der Waals surface area contributed by atoms with E-state index < -0.39 is 0 Å². The Bertz CT molecular complexity index is 571. The minimum atomic E-state index is 0.315. The van der Waals surface area contributed by atoms with Gasteiger partial charge in [0, 0.05) is 10.9 Å². The molecule has 2 aromatic rings. The molecule has 0 bridgehead atoms. The average Bonchev–Trinajstić information content (AvgIpc) is 2.83. The molecule has 3 nitrogen and oxygen atoms in total. The third kappa shape index (κ3) is 4.19. The van der Waals surface area contributed by atoms with Crippen LogP contribution in [0.3, 0.4) is 0 Å². The fourth-order valence-electron chi connectivity index (χ4n) is 1.76. The van der Waals surface area contributed by atoms with Gasteiger partial charge in [-0.1, -0.05) is 36.4 Å². The second kappa shape index (κ2) is 7.41. The molecule has 0 amide bonds. The summed E-state index contributed by atoms with van der Waals surface area (Å²) in [7, 11) is 0. The Kier molecular flexibility index (Phi) is 5.84. The zero-order valence-corrected chi connectivity index (χ0v) is 14.2. The molecule has 1 N–H and O–H groups in total. The summed E-state index contributed by atoms with van der Waals surface area (Å²) in [5.74, 6) is 0.808. The lowest BCUT2D eigenvalue weighted by molar-refractivity contribution is 0.570. The van der Waals surface area contributed by atoms with Crippen molar-refractivity contribution in [2.24, 2.45) is 0 Å². The second-order valence-corrected chi connectivity index (χ2v) is 7.02. The molecule has 0 saturated heterocycles. The summed E-state index contributed by atoms with van der Waals surface area (Å²) in [5.41, 5.74) is 1.21. The van der Waals surface area contributed by atoms with E-state index in [1.807, 2.05) is 13.0 Å². The summed E-state index contributed by atoms with van der Waals surface area (Å²) in [6.07, 6.45) is 1.13. The van der Waals surface area contributed by atoms with E-state index in [0.29, 0.717) is 6.04 Å². The number of benzene rings is 1. The summed E-state index contributed by atoms with van der Waals surface area (Å²) in [6.45, 7) is 7.23. The molecule has 1 aromatic heterocycles. The van der Waals surface area contributed by atoms with Crippen LogP contribution in [0.15, 0.2) is 27.4 Å². The highest BCUT2D eigenvalue weighted by Gasteiger charge is 2.10. The Morgan fingerprint density at radius 2 is 2.25 bits per heavy atom. The van der Waals surface area contributed by atoms with Crippen LogP contribution in [0.4, 0.5) is 0 Å². The third-order valence-electron chi connectivity index (χ3n) is 2.86. The van der Waals surface area contributed by atoms with Gasteiger partial charge in [0.1, 0.15) is 5.82 Å². The van der Waals surface area contributed by atoms with Crippen LogP contribution in [0.5, 0.6) is 0 Å². The van der Waals surface area contributed by atoms with Gasteiger partial charge >= 0.3 is 0 Å². The van der Waals surface area contributed by atoms with Crippen LogP contribution in [0.25, 0.3) is 0 Å². The minimum Gasteiger partial charge on any atom is -0.310 e. The standard InChI is InChI=1S/C14H18ClN3S2/c1-4-7-16-9(2)11-5-6-13(12(15)8-11)19-14-17-10(3)18-20-14/h5-6,8-9,16H,4,7H2,1-3H3. The highest BCUT2D eigenvalue weighted by atomic mass is 35.5. The van der Waals surface area contributed by atoms with E-state index in [9.17, 15) is 0 Å². The predicted molar refractivity (Wildman–Crippen MR) is 86.9 cm³/mol. The molecule has 0 spiro atoms. The van der Waals surface area contributed by atoms with E-state index >= 15 is 0 Å². The van der Waals surface area contributed by atoms with Gasteiger partial charge < -0.3 is 5.32 Å². The molecule has 0 aliphatic carbocycles. The number of rotatable bonds is 6. The van der Waals surface area contributed by atoms with E-state index in [2.05, 4.69) is 40.7 Å². The Hall–Kier alpha value is -0.620. The molecule has 0 aliphatic rings. The zero-order valence-electron chi connectivity index (χ0n) is 11.8. The smallest absolute Gasteiger partial charge is 0.174 e.